The standard InChI is InChI=1S/C7H20NOPSi/c1-8(11(4,5)6)7-10(2,3)9/h7H2,1-6H3. The van der Waals surface area contributed by atoms with Gasteiger partial charge >= 0.3 is 0 Å². The fourth-order valence-corrected chi connectivity index (χ4v) is 4.46. The topological polar surface area (TPSA) is 20.3 Å². The summed E-state index contributed by atoms with van der Waals surface area (Å²) in [7, 11) is -0.992. The molecule has 0 atom stereocenters. The van der Waals surface area contributed by atoms with Gasteiger partial charge in [-0.2, -0.15) is 0 Å². The van der Waals surface area contributed by atoms with E-state index in [-0.39, 0.29) is 0 Å². The second kappa shape index (κ2) is 3.42. The van der Waals surface area contributed by atoms with Crippen molar-refractivity contribution in [1.82, 2.24) is 4.57 Å². The van der Waals surface area contributed by atoms with Crippen molar-refractivity contribution in [3.63, 3.8) is 0 Å². The highest BCUT2D eigenvalue weighted by molar-refractivity contribution is 7.62. The molecule has 0 bridgehead atoms. The van der Waals surface area contributed by atoms with Crippen molar-refractivity contribution in [2.24, 2.45) is 0 Å². The van der Waals surface area contributed by atoms with Gasteiger partial charge in [0, 0.05) is 6.29 Å². The second-order valence-corrected chi connectivity index (χ2v) is 13.1. The van der Waals surface area contributed by atoms with E-state index in [1.807, 2.05) is 13.3 Å². The SMILES string of the molecule is CN(CP(C)(C)=O)[Si](C)(C)C. The Morgan fingerprint density at radius 3 is 1.73 bits per heavy atom. The van der Waals surface area contributed by atoms with Crippen LogP contribution >= 0.6 is 7.14 Å². The van der Waals surface area contributed by atoms with Crippen LogP contribution in [0.25, 0.3) is 0 Å². The van der Waals surface area contributed by atoms with Crippen LogP contribution in [0.5, 0.6) is 0 Å². The Kier molecular flexibility index (Phi) is 3.55. The molecular weight excluding hydrogens is 173 g/mol. The van der Waals surface area contributed by atoms with Crippen LogP contribution in [0, 0.1) is 0 Å². The quantitative estimate of drug-likeness (QED) is 0.506. The molecule has 0 aromatic heterocycles. The molecule has 0 rings (SSSR count). The van der Waals surface area contributed by atoms with Gasteiger partial charge in [-0.3, -0.25) is 0 Å². The fourth-order valence-electron chi connectivity index (χ4n) is 0.723. The molecule has 0 aromatic carbocycles. The van der Waals surface area contributed by atoms with Crippen molar-refractivity contribution in [3.05, 3.63) is 0 Å². The molecule has 0 radical (unpaired) electrons. The van der Waals surface area contributed by atoms with Crippen LogP contribution in [0.3, 0.4) is 0 Å². The van der Waals surface area contributed by atoms with Crippen molar-refractivity contribution in [3.8, 4) is 0 Å². The third-order valence-corrected chi connectivity index (χ3v) is 5.52. The van der Waals surface area contributed by atoms with Gasteiger partial charge < -0.3 is 9.13 Å². The highest BCUT2D eigenvalue weighted by Gasteiger charge is 2.23. The lowest BCUT2D eigenvalue weighted by Gasteiger charge is -2.31. The summed E-state index contributed by atoms with van der Waals surface area (Å²) in [5.74, 6) is 0. The molecule has 0 saturated carbocycles. The zero-order chi connectivity index (χ0) is 9.28. The highest BCUT2D eigenvalue weighted by Crippen LogP contribution is 2.37. The van der Waals surface area contributed by atoms with Gasteiger partial charge in [0.05, 0.1) is 7.14 Å². The maximum absolute atomic E-state index is 11.5. The minimum atomic E-state index is -1.86. The molecule has 0 heterocycles. The first kappa shape index (κ1) is 11.4. The Balaban J connectivity index is 4.10. The molecule has 0 amide bonds. The van der Waals surface area contributed by atoms with E-state index in [9.17, 15) is 4.57 Å². The second-order valence-electron chi connectivity index (χ2n) is 4.58. The molecule has 0 aromatic rings. The maximum atomic E-state index is 11.5. The number of nitrogens with zero attached hydrogens (tertiary/aromatic N) is 1. The Bertz CT molecular complexity index is 170. The number of hydrogen-bond donors (Lipinski definition) is 0. The molecule has 68 valence electrons. The van der Waals surface area contributed by atoms with Crippen LogP contribution in [-0.2, 0) is 4.57 Å². The van der Waals surface area contributed by atoms with Crippen LogP contribution in [-0.4, -0.2) is 39.5 Å². The molecular formula is C7H20NOPSi. The number of rotatable bonds is 3. The van der Waals surface area contributed by atoms with Gasteiger partial charge in [0.15, 0.2) is 0 Å². The van der Waals surface area contributed by atoms with E-state index in [0.717, 1.165) is 6.29 Å². The summed E-state index contributed by atoms with van der Waals surface area (Å²) in [6.45, 7) is 10.5. The molecule has 0 fully saturated rings. The van der Waals surface area contributed by atoms with Crippen LogP contribution < -0.4 is 0 Å². The lowest BCUT2D eigenvalue weighted by atomic mass is 11.2. The van der Waals surface area contributed by atoms with Gasteiger partial charge in [-0.1, -0.05) is 19.6 Å². The van der Waals surface area contributed by atoms with E-state index in [2.05, 4.69) is 31.3 Å². The largest absolute Gasteiger partial charge is 0.323 e. The summed E-state index contributed by atoms with van der Waals surface area (Å²) < 4.78 is 13.7. The normalized spacial score (nSPS) is 14.1. The van der Waals surface area contributed by atoms with E-state index in [0.29, 0.717) is 0 Å². The summed E-state index contributed by atoms with van der Waals surface area (Å²) >= 11 is 0. The molecule has 0 aliphatic heterocycles. The molecule has 2 nitrogen and oxygen atoms in total. The molecule has 0 saturated heterocycles. The third kappa shape index (κ3) is 5.65. The van der Waals surface area contributed by atoms with Crippen molar-refractivity contribution in [2.75, 3.05) is 26.7 Å². The van der Waals surface area contributed by atoms with E-state index >= 15 is 0 Å². The minimum Gasteiger partial charge on any atom is -0.323 e. The van der Waals surface area contributed by atoms with Crippen molar-refractivity contribution in [1.29, 1.82) is 0 Å². The average Bonchev–Trinajstić information content (AvgIpc) is 1.56. The molecule has 11 heavy (non-hydrogen) atoms. The summed E-state index contributed by atoms with van der Waals surface area (Å²) in [6.07, 6.45) is 0.767. The molecule has 0 N–H and O–H groups in total. The van der Waals surface area contributed by atoms with Crippen LogP contribution in [0.1, 0.15) is 0 Å². The predicted octanol–water partition coefficient (Wildman–Crippen LogP) is 2.33. The predicted molar refractivity (Wildman–Crippen MR) is 55.4 cm³/mol. The van der Waals surface area contributed by atoms with Crippen molar-refractivity contribution in [2.45, 2.75) is 19.6 Å². The summed E-state index contributed by atoms with van der Waals surface area (Å²) in [4.78, 5) is 0. The first-order valence-corrected chi connectivity index (χ1v) is 10.1. The van der Waals surface area contributed by atoms with Crippen molar-refractivity contribution >= 4 is 15.4 Å². The Labute approximate surface area is 71.4 Å². The Morgan fingerprint density at radius 2 is 1.64 bits per heavy atom. The van der Waals surface area contributed by atoms with Crippen LogP contribution in [0.4, 0.5) is 0 Å². The van der Waals surface area contributed by atoms with E-state index < -0.39 is 15.4 Å². The number of hydrogen-bond acceptors (Lipinski definition) is 2. The summed E-state index contributed by atoms with van der Waals surface area (Å²) in [6, 6.07) is 0. The van der Waals surface area contributed by atoms with Gasteiger partial charge in [0.2, 0.25) is 0 Å². The Hall–Kier alpha value is 0.407. The highest BCUT2D eigenvalue weighted by atomic mass is 31.2. The van der Waals surface area contributed by atoms with Crippen LogP contribution in [0.15, 0.2) is 0 Å². The van der Waals surface area contributed by atoms with Gasteiger partial charge in [0.1, 0.15) is 8.24 Å². The molecule has 0 unspecified atom stereocenters. The van der Waals surface area contributed by atoms with Gasteiger partial charge in [-0.05, 0) is 20.4 Å². The summed E-state index contributed by atoms with van der Waals surface area (Å²) in [5, 5.41) is 0. The average molecular weight is 193 g/mol. The zero-order valence-corrected chi connectivity index (χ0v) is 10.4. The van der Waals surface area contributed by atoms with Gasteiger partial charge in [-0.25, -0.2) is 0 Å². The Morgan fingerprint density at radius 1 is 1.27 bits per heavy atom. The minimum absolute atomic E-state index is 0.767. The zero-order valence-electron chi connectivity index (χ0n) is 8.51. The van der Waals surface area contributed by atoms with Crippen LogP contribution in [0.2, 0.25) is 19.6 Å². The molecule has 0 aliphatic carbocycles. The van der Waals surface area contributed by atoms with E-state index in [4.69, 9.17) is 0 Å². The molecule has 4 heteroatoms. The van der Waals surface area contributed by atoms with E-state index in [1.165, 1.54) is 0 Å². The van der Waals surface area contributed by atoms with Gasteiger partial charge in [0.25, 0.3) is 0 Å². The smallest absolute Gasteiger partial charge is 0.119 e. The first-order chi connectivity index (χ1) is 4.63. The van der Waals surface area contributed by atoms with E-state index in [1.54, 1.807) is 0 Å². The van der Waals surface area contributed by atoms with Crippen molar-refractivity contribution < 1.29 is 4.57 Å². The fraction of sp³-hybridized carbons (Fsp3) is 1.00. The first-order valence-electron chi connectivity index (χ1n) is 3.88. The maximum Gasteiger partial charge on any atom is 0.119 e. The molecule has 0 spiro atoms. The lowest BCUT2D eigenvalue weighted by Crippen LogP contribution is -2.43. The molecule has 0 aliphatic rings. The monoisotopic (exact) mass is 193 g/mol. The third-order valence-electron chi connectivity index (χ3n) is 1.70. The summed E-state index contributed by atoms with van der Waals surface area (Å²) in [5.41, 5.74) is 0. The van der Waals surface area contributed by atoms with Gasteiger partial charge in [-0.15, -0.1) is 0 Å². The lowest BCUT2D eigenvalue weighted by molar-refractivity contribution is 0.542.